The highest BCUT2D eigenvalue weighted by Crippen LogP contribution is 2.16. The van der Waals surface area contributed by atoms with Crippen LogP contribution in [0, 0.1) is 0 Å². The first-order valence-electron chi connectivity index (χ1n) is 9.67. The third-order valence-electron chi connectivity index (χ3n) is 2.96. The zero-order chi connectivity index (χ0) is 23.2. The highest BCUT2D eigenvalue weighted by atomic mass is 31.0. The van der Waals surface area contributed by atoms with E-state index in [1.54, 1.807) is 18.6 Å². The van der Waals surface area contributed by atoms with Crippen molar-refractivity contribution in [1.82, 2.24) is 4.67 Å². The summed E-state index contributed by atoms with van der Waals surface area (Å²) in [4.78, 5) is 29.2. The van der Waals surface area contributed by atoms with Gasteiger partial charge in [0.05, 0.1) is 25.4 Å². The number of carbonyl (C=O) groups excluding carboxylic acids is 2. The zero-order valence-corrected chi connectivity index (χ0v) is 20.5. The predicted octanol–water partition coefficient (Wildman–Crippen LogP) is 4.55. The van der Waals surface area contributed by atoms with Crippen molar-refractivity contribution in [3.8, 4) is 0 Å². The lowest BCUT2D eigenvalue weighted by Crippen LogP contribution is -2.35. The molecule has 1 rings (SSSR count). The fourth-order valence-corrected chi connectivity index (χ4v) is 2.00. The maximum absolute atomic E-state index is 11.6. The molecule has 0 heterocycles. The number of likely N-dealkylation sites (N-methyl/N-ethyl adjacent to an activating group) is 1. The topological polar surface area (TPSA) is 80.6 Å². The van der Waals surface area contributed by atoms with Crippen LogP contribution in [0.15, 0.2) is 34.3 Å². The molecular formula is C21H38N3O4P. The van der Waals surface area contributed by atoms with Gasteiger partial charge in [0, 0.05) is 14.0 Å². The van der Waals surface area contributed by atoms with E-state index in [4.69, 9.17) is 4.74 Å². The summed E-state index contributed by atoms with van der Waals surface area (Å²) in [5, 5.41) is 0. The molecule has 0 aliphatic heterocycles. The lowest BCUT2D eigenvalue weighted by atomic mass is 10.1. The fourth-order valence-electron chi connectivity index (χ4n) is 1.77. The molecule has 0 fully saturated rings. The molecule has 0 aliphatic carbocycles. The summed E-state index contributed by atoms with van der Waals surface area (Å²) in [6.07, 6.45) is 0.582. The molecule has 2 atom stereocenters. The van der Waals surface area contributed by atoms with Crippen molar-refractivity contribution in [2.75, 3.05) is 27.8 Å². The van der Waals surface area contributed by atoms with Crippen LogP contribution in [0.2, 0.25) is 0 Å². The average Bonchev–Trinajstić information content (AvgIpc) is 2.73. The Kier molecular flexibility index (Phi) is 24.2. The van der Waals surface area contributed by atoms with E-state index in [1.807, 2.05) is 59.0 Å². The summed E-state index contributed by atoms with van der Waals surface area (Å²) < 4.78 is 11.0. The number of nitrogens with zero attached hydrogens (tertiary/aromatic N) is 3. The molecule has 1 aromatic carbocycles. The van der Waals surface area contributed by atoms with E-state index >= 15 is 0 Å². The second-order valence-corrected chi connectivity index (χ2v) is 5.75. The number of methoxy groups -OCH3 is 1. The number of hydrogen-bond donors (Lipinski definition) is 0. The van der Waals surface area contributed by atoms with Gasteiger partial charge in [-0.25, -0.2) is 4.99 Å². The summed E-state index contributed by atoms with van der Waals surface area (Å²) >= 11 is 0. The Morgan fingerprint density at radius 3 is 2.00 bits per heavy atom. The second kappa shape index (κ2) is 22.2. The predicted molar refractivity (Wildman–Crippen MR) is 124 cm³/mol. The molecule has 0 amide bonds. The Bertz CT molecular complexity index is 598. The van der Waals surface area contributed by atoms with Crippen LogP contribution in [0.25, 0.3) is 0 Å². The van der Waals surface area contributed by atoms with Gasteiger partial charge in [0.15, 0.2) is 0 Å². The summed E-state index contributed by atoms with van der Waals surface area (Å²) in [5.74, 6) is -0.463. The Morgan fingerprint density at radius 2 is 1.69 bits per heavy atom. The van der Waals surface area contributed by atoms with Crippen LogP contribution < -0.4 is 0 Å². The van der Waals surface area contributed by atoms with Crippen LogP contribution in [0.3, 0.4) is 0 Å². The highest BCUT2D eigenvalue weighted by Gasteiger charge is 2.21. The van der Waals surface area contributed by atoms with Gasteiger partial charge in [0.25, 0.3) is 0 Å². The van der Waals surface area contributed by atoms with E-state index in [0.29, 0.717) is 13.0 Å². The van der Waals surface area contributed by atoms with Crippen molar-refractivity contribution < 1.29 is 19.1 Å². The van der Waals surface area contributed by atoms with Crippen LogP contribution in [0.5, 0.6) is 0 Å². The molecule has 166 valence electrons. The van der Waals surface area contributed by atoms with Crippen molar-refractivity contribution in [2.45, 2.75) is 54.0 Å². The van der Waals surface area contributed by atoms with E-state index in [1.165, 1.54) is 14.0 Å². The summed E-state index contributed by atoms with van der Waals surface area (Å²) in [6, 6.07) is 9.81. The van der Waals surface area contributed by atoms with Crippen LogP contribution in [0.1, 0.15) is 47.1 Å². The maximum Gasteiger partial charge on any atom is 0.323 e. The van der Waals surface area contributed by atoms with Crippen LogP contribution in [0.4, 0.5) is 5.69 Å². The number of ether oxygens (including phenoxy) is 2. The average molecular weight is 428 g/mol. The smallest absolute Gasteiger partial charge is 0.323 e. The second-order valence-electron chi connectivity index (χ2n) is 4.94. The number of carbonyl (C=O) groups is 2. The van der Waals surface area contributed by atoms with E-state index in [2.05, 4.69) is 30.1 Å². The van der Waals surface area contributed by atoms with Crippen molar-refractivity contribution in [3.63, 3.8) is 0 Å². The van der Waals surface area contributed by atoms with Crippen LogP contribution >= 0.6 is 9.39 Å². The SMILES string of the molecule is CC.CC.CCOC(C)=O.CN=C=Nc1ccc(C[C@@H](C(=O)OC)N(C)P)cc1. The maximum atomic E-state index is 11.6. The number of aliphatic imine (C=N–C) groups is 2. The zero-order valence-electron chi connectivity index (χ0n) is 19.4. The Labute approximate surface area is 178 Å². The minimum absolute atomic E-state index is 0.211. The normalized spacial score (nSPS) is 9.62. The molecule has 1 unspecified atom stereocenters. The Morgan fingerprint density at radius 1 is 1.17 bits per heavy atom. The van der Waals surface area contributed by atoms with Crippen molar-refractivity contribution in [1.29, 1.82) is 0 Å². The molecule has 29 heavy (non-hydrogen) atoms. The number of benzene rings is 1. The van der Waals surface area contributed by atoms with Gasteiger partial charge in [-0.15, -0.1) is 0 Å². The molecular weight excluding hydrogens is 389 g/mol. The molecule has 0 aliphatic rings. The fraction of sp³-hybridized carbons (Fsp3) is 0.571. The first-order chi connectivity index (χ1) is 13.8. The van der Waals surface area contributed by atoms with E-state index in [-0.39, 0.29) is 18.0 Å². The third kappa shape index (κ3) is 17.7. The van der Waals surface area contributed by atoms with Crippen molar-refractivity contribution >= 4 is 33.0 Å². The molecule has 0 radical (unpaired) electrons. The van der Waals surface area contributed by atoms with Crippen LogP contribution in [-0.2, 0) is 25.5 Å². The van der Waals surface area contributed by atoms with E-state index in [9.17, 15) is 9.59 Å². The molecule has 0 saturated carbocycles. The first kappa shape index (κ1) is 31.6. The lowest BCUT2D eigenvalue weighted by Gasteiger charge is -2.21. The van der Waals surface area contributed by atoms with Gasteiger partial charge in [0.2, 0.25) is 0 Å². The molecule has 1 aromatic rings. The largest absolute Gasteiger partial charge is 0.468 e. The van der Waals surface area contributed by atoms with Crippen LogP contribution in [-0.4, -0.2) is 56.5 Å². The number of rotatable bonds is 6. The van der Waals surface area contributed by atoms with Gasteiger partial charge in [-0.2, -0.15) is 4.99 Å². The number of hydrogen-bond acceptors (Lipinski definition) is 7. The Balaban J connectivity index is -0.000000570. The van der Waals surface area contributed by atoms with Gasteiger partial charge < -0.3 is 9.47 Å². The van der Waals surface area contributed by atoms with Gasteiger partial charge in [0.1, 0.15) is 6.04 Å². The van der Waals surface area contributed by atoms with Gasteiger partial charge in [-0.3, -0.25) is 14.3 Å². The summed E-state index contributed by atoms with van der Waals surface area (Å²) in [6.45, 7) is 11.7. The Hall–Kier alpha value is -2.07. The van der Waals surface area contributed by atoms with Gasteiger partial charge >= 0.3 is 11.9 Å². The third-order valence-corrected chi connectivity index (χ3v) is 3.32. The van der Waals surface area contributed by atoms with Gasteiger partial charge in [-0.05, 0) is 38.1 Å². The summed E-state index contributed by atoms with van der Waals surface area (Å²) in [7, 11) is 7.33. The lowest BCUT2D eigenvalue weighted by molar-refractivity contribution is -0.144. The molecule has 0 spiro atoms. The van der Waals surface area contributed by atoms with Gasteiger partial charge in [-0.1, -0.05) is 49.2 Å². The van der Waals surface area contributed by atoms with Crippen molar-refractivity contribution in [3.05, 3.63) is 29.8 Å². The van der Waals surface area contributed by atoms with E-state index in [0.717, 1.165) is 11.3 Å². The molecule has 0 N–H and O–H groups in total. The summed E-state index contributed by atoms with van der Waals surface area (Å²) in [5.41, 5.74) is 1.82. The standard InChI is InChI=1S/C13H18N3O2P.C4H8O2.2C2H6/c1-14-9-15-11-6-4-10(5-7-11)8-12(16(2)19)13(17)18-3;1-3-6-4(2)5;2*1-2/h4-7,12H,8,19H2,1-3H3;3H2,1-2H3;2*1-2H3/t12-;;;/m0.../s1. The molecule has 0 aromatic heterocycles. The number of esters is 2. The molecule has 0 bridgehead atoms. The molecule has 0 saturated heterocycles. The quantitative estimate of drug-likeness (QED) is 0.378. The molecule has 8 heteroatoms. The minimum Gasteiger partial charge on any atom is -0.468 e. The monoisotopic (exact) mass is 427 g/mol. The van der Waals surface area contributed by atoms with Crippen molar-refractivity contribution in [2.24, 2.45) is 9.98 Å². The molecule has 7 nitrogen and oxygen atoms in total. The highest BCUT2D eigenvalue weighted by molar-refractivity contribution is 7.13. The van der Waals surface area contributed by atoms with E-state index < -0.39 is 0 Å². The minimum atomic E-state index is -0.318. The first-order valence-corrected chi connectivity index (χ1v) is 10.2.